The van der Waals surface area contributed by atoms with Gasteiger partial charge in [-0.15, -0.1) is 11.3 Å². The molecule has 0 atom stereocenters. The predicted octanol–water partition coefficient (Wildman–Crippen LogP) is 1.64. The minimum Gasteiger partial charge on any atom is -0.462 e. The van der Waals surface area contributed by atoms with E-state index in [0.29, 0.717) is 17.2 Å². The van der Waals surface area contributed by atoms with Gasteiger partial charge in [-0.25, -0.2) is 4.79 Å². The molecule has 0 bridgehead atoms. The number of fused-ring (bicyclic) bond motifs is 1. The van der Waals surface area contributed by atoms with Crippen LogP contribution in [0.5, 0.6) is 0 Å². The highest BCUT2D eigenvalue weighted by Gasteiger charge is 2.45. The number of carbonyl (C=O) groups excluding carboxylic acids is 1. The molecule has 5 heteroatoms. The van der Waals surface area contributed by atoms with Crippen LogP contribution in [0.25, 0.3) is 0 Å². The van der Waals surface area contributed by atoms with Crippen LogP contribution in [0.3, 0.4) is 0 Å². The van der Waals surface area contributed by atoms with Crippen LogP contribution in [0.2, 0.25) is 0 Å². The van der Waals surface area contributed by atoms with Crippen molar-refractivity contribution in [3.63, 3.8) is 0 Å². The Morgan fingerprint density at radius 3 is 2.63 bits per heavy atom. The Labute approximate surface area is 118 Å². The van der Waals surface area contributed by atoms with E-state index in [4.69, 9.17) is 10.5 Å². The van der Waals surface area contributed by atoms with Crippen LogP contribution in [0.1, 0.15) is 55.4 Å². The number of rotatable bonds is 2. The predicted molar refractivity (Wildman–Crippen MR) is 77.4 cm³/mol. The van der Waals surface area contributed by atoms with E-state index in [9.17, 15) is 4.79 Å². The van der Waals surface area contributed by atoms with E-state index < -0.39 is 0 Å². The molecule has 19 heavy (non-hydrogen) atoms. The van der Waals surface area contributed by atoms with Crippen LogP contribution in [-0.4, -0.2) is 18.1 Å². The van der Waals surface area contributed by atoms with E-state index in [-0.39, 0.29) is 17.0 Å². The van der Waals surface area contributed by atoms with Gasteiger partial charge in [0.1, 0.15) is 10.5 Å². The molecular formula is C14H23N2O2S+. The third kappa shape index (κ3) is 2.49. The minimum absolute atomic E-state index is 0.0549. The number of carbonyl (C=O) groups is 1. The zero-order valence-electron chi connectivity index (χ0n) is 12.3. The maximum atomic E-state index is 12.1. The van der Waals surface area contributed by atoms with Gasteiger partial charge in [0.15, 0.2) is 0 Å². The number of anilines is 1. The molecule has 1 aromatic rings. The molecule has 0 radical (unpaired) electrons. The quantitative estimate of drug-likeness (QED) is 0.811. The fourth-order valence-electron chi connectivity index (χ4n) is 3.15. The molecule has 106 valence electrons. The van der Waals surface area contributed by atoms with E-state index in [0.717, 1.165) is 12.0 Å². The maximum Gasteiger partial charge on any atom is 0.341 e. The van der Waals surface area contributed by atoms with Crippen molar-refractivity contribution in [3.8, 4) is 0 Å². The molecular weight excluding hydrogens is 260 g/mol. The summed E-state index contributed by atoms with van der Waals surface area (Å²) in [4.78, 5) is 13.3. The highest BCUT2D eigenvalue weighted by Crippen LogP contribution is 2.40. The molecule has 0 saturated heterocycles. The number of quaternary nitrogens is 1. The highest BCUT2D eigenvalue weighted by atomic mass is 32.1. The fourth-order valence-corrected chi connectivity index (χ4v) is 4.30. The van der Waals surface area contributed by atoms with Gasteiger partial charge in [0.25, 0.3) is 0 Å². The van der Waals surface area contributed by atoms with Crippen molar-refractivity contribution < 1.29 is 14.8 Å². The number of hydrogen-bond acceptors (Lipinski definition) is 4. The minimum atomic E-state index is -0.286. The molecule has 0 aromatic carbocycles. The number of nitrogens with two attached hydrogens (primary N) is 2. The highest BCUT2D eigenvalue weighted by molar-refractivity contribution is 7.16. The molecule has 2 rings (SSSR count). The Hall–Kier alpha value is -1.07. The molecule has 4 N–H and O–H groups in total. The summed E-state index contributed by atoms with van der Waals surface area (Å²) in [6.07, 6.45) is 0.841. The number of thiophene rings is 1. The normalized spacial score (nSPS) is 19.8. The molecule has 2 heterocycles. The third-order valence-electron chi connectivity index (χ3n) is 3.48. The first-order valence-electron chi connectivity index (χ1n) is 6.64. The van der Waals surface area contributed by atoms with Crippen LogP contribution in [-0.2, 0) is 16.7 Å². The lowest BCUT2D eigenvalue weighted by atomic mass is 9.81. The molecule has 1 aliphatic heterocycles. The van der Waals surface area contributed by atoms with Crippen molar-refractivity contribution >= 4 is 22.3 Å². The average molecular weight is 283 g/mol. The zero-order valence-corrected chi connectivity index (χ0v) is 13.1. The van der Waals surface area contributed by atoms with Crippen molar-refractivity contribution in [1.82, 2.24) is 0 Å². The van der Waals surface area contributed by atoms with Crippen molar-refractivity contribution in [3.05, 3.63) is 16.0 Å². The summed E-state index contributed by atoms with van der Waals surface area (Å²) in [6.45, 7) is 10.9. The first kappa shape index (κ1) is 14.3. The Kier molecular flexibility index (Phi) is 3.39. The summed E-state index contributed by atoms with van der Waals surface area (Å²) < 4.78 is 5.15. The third-order valence-corrected chi connectivity index (χ3v) is 4.88. The molecule has 0 spiro atoms. The second kappa shape index (κ2) is 4.49. The summed E-state index contributed by atoms with van der Waals surface area (Å²) in [5.74, 6) is -0.286. The largest absolute Gasteiger partial charge is 0.462 e. The lowest BCUT2D eigenvalue weighted by Gasteiger charge is -2.38. The van der Waals surface area contributed by atoms with Crippen LogP contribution >= 0.6 is 11.3 Å². The summed E-state index contributed by atoms with van der Waals surface area (Å²) in [6, 6.07) is 0. The lowest BCUT2D eigenvalue weighted by molar-refractivity contribution is -0.789. The first-order valence-corrected chi connectivity index (χ1v) is 7.45. The van der Waals surface area contributed by atoms with Gasteiger partial charge in [0.2, 0.25) is 0 Å². The maximum absolute atomic E-state index is 12.1. The van der Waals surface area contributed by atoms with Gasteiger partial charge in [-0.1, -0.05) is 0 Å². The zero-order chi connectivity index (χ0) is 14.4. The van der Waals surface area contributed by atoms with Gasteiger partial charge in [-0.3, -0.25) is 0 Å². The number of hydrogen-bond donors (Lipinski definition) is 2. The average Bonchev–Trinajstić information content (AvgIpc) is 2.53. The Balaban J connectivity index is 2.56. The van der Waals surface area contributed by atoms with Crippen LogP contribution in [0.15, 0.2) is 0 Å². The summed E-state index contributed by atoms with van der Waals surface area (Å²) >= 11 is 1.52. The van der Waals surface area contributed by atoms with Crippen molar-refractivity contribution in [1.29, 1.82) is 0 Å². The van der Waals surface area contributed by atoms with Gasteiger partial charge in [0, 0.05) is 6.42 Å². The Bertz CT molecular complexity index is 518. The monoisotopic (exact) mass is 283 g/mol. The number of ether oxygens (including phenoxy) is 1. The molecule has 1 aliphatic rings. The Morgan fingerprint density at radius 2 is 2.05 bits per heavy atom. The molecule has 1 aromatic heterocycles. The second-order valence-electron chi connectivity index (χ2n) is 6.40. The fraction of sp³-hybridized carbons (Fsp3) is 0.643. The van der Waals surface area contributed by atoms with Crippen LogP contribution in [0, 0.1) is 0 Å². The van der Waals surface area contributed by atoms with Gasteiger partial charge >= 0.3 is 5.97 Å². The smallest absolute Gasteiger partial charge is 0.341 e. The molecule has 4 nitrogen and oxygen atoms in total. The molecule has 0 saturated carbocycles. The Morgan fingerprint density at radius 1 is 1.42 bits per heavy atom. The van der Waals surface area contributed by atoms with Gasteiger partial charge in [-0.05, 0) is 40.2 Å². The molecule has 0 aliphatic carbocycles. The van der Waals surface area contributed by atoms with E-state index in [2.05, 4.69) is 33.0 Å². The molecule has 0 amide bonds. The molecule has 0 unspecified atom stereocenters. The van der Waals surface area contributed by atoms with Crippen molar-refractivity contribution in [2.24, 2.45) is 0 Å². The van der Waals surface area contributed by atoms with Gasteiger partial charge in [-0.2, -0.15) is 0 Å². The van der Waals surface area contributed by atoms with Crippen molar-refractivity contribution in [2.45, 2.75) is 52.1 Å². The lowest BCUT2D eigenvalue weighted by Crippen LogP contribution is -3.03. The van der Waals surface area contributed by atoms with Gasteiger partial charge < -0.3 is 15.8 Å². The summed E-state index contributed by atoms with van der Waals surface area (Å²) in [5, 5.41) is 2.94. The SMILES string of the molecule is CCOC(=O)c1c(N)sc2c1CC(C)(C)[NH2+]C2(C)C. The van der Waals surface area contributed by atoms with Crippen LogP contribution < -0.4 is 11.1 Å². The summed E-state index contributed by atoms with van der Waals surface area (Å²) in [7, 11) is 0. The number of nitrogen functional groups attached to an aromatic ring is 1. The topological polar surface area (TPSA) is 68.9 Å². The van der Waals surface area contributed by atoms with E-state index >= 15 is 0 Å². The molecule has 0 fully saturated rings. The van der Waals surface area contributed by atoms with Crippen LogP contribution in [0.4, 0.5) is 5.00 Å². The first-order chi connectivity index (χ1) is 8.68. The van der Waals surface area contributed by atoms with Crippen molar-refractivity contribution in [2.75, 3.05) is 12.3 Å². The standard InChI is InChI=1S/C14H22N2O2S/c1-6-18-12(17)9-8-7-13(2,3)16-14(4,5)10(8)19-11(9)15/h16H,6-7,15H2,1-5H3/p+1. The van der Waals surface area contributed by atoms with E-state index in [1.54, 1.807) is 0 Å². The van der Waals surface area contributed by atoms with E-state index in [1.165, 1.54) is 16.2 Å². The number of esters is 1. The summed E-state index contributed by atoms with van der Waals surface area (Å²) in [5.41, 5.74) is 7.75. The van der Waals surface area contributed by atoms with E-state index in [1.807, 2.05) is 6.92 Å². The second-order valence-corrected chi connectivity index (χ2v) is 7.45. The van der Waals surface area contributed by atoms with Gasteiger partial charge in [0.05, 0.1) is 22.6 Å².